The Hall–Kier alpha value is -1.95. The third-order valence-electron chi connectivity index (χ3n) is 5.91. The van der Waals surface area contributed by atoms with Gasteiger partial charge in [-0.3, -0.25) is 19.5 Å². The Labute approximate surface area is 155 Å². The van der Waals surface area contributed by atoms with Crippen LogP contribution in [-0.2, 0) is 16.1 Å². The van der Waals surface area contributed by atoms with Crippen molar-refractivity contribution in [3.8, 4) is 0 Å². The molecular weight excluding hydrogens is 328 g/mol. The number of carbonyl (C=O) groups excluding carboxylic acids is 2. The zero-order valence-electron chi connectivity index (χ0n) is 15.3. The summed E-state index contributed by atoms with van der Waals surface area (Å²) < 4.78 is 0. The Morgan fingerprint density at radius 2 is 2.15 bits per heavy atom. The highest BCUT2D eigenvalue weighted by Crippen LogP contribution is 2.41. The predicted octanol–water partition coefficient (Wildman–Crippen LogP) is 1.42. The molecule has 2 atom stereocenters. The van der Waals surface area contributed by atoms with Gasteiger partial charge in [-0.15, -0.1) is 0 Å². The lowest BCUT2D eigenvalue weighted by atomic mass is 9.98. The fourth-order valence-corrected chi connectivity index (χ4v) is 4.37. The standard InChI is InChI=1S/C20H28N4O2/c25-19(8-11-24-10-3-5-20(24)26)22-18-14-23(13-17(18)15-6-7-15)12-16-4-1-2-9-21-16/h1-2,4,9,15,17-18H,3,5-8,10-14H2,(H,22,25)/t17-,18+/m0/s1. The molecule has 2 aliphatic heterocycles. The van der Waals surface area contributed by atoms with Gasteiger partial charge < -0.3 is 10.2 Å². The SMILES string of the molecule is O=C(CCN1CCCC1=O)N[C@@H]1CN(Cc2ccccn2)C[C@H]1C1CC1. The fourth-order valence-electron chi connectivity index (χ4n) is 4.37. The molecule has 3 fully saturated rings. The van der Waals surface area contributed by atoms with Crippen LogP contribution < -0.4 is 5.32 Å². The molecule has 0 spiro atoms. The van der Waals surface area contributed by atoms with Crippen molar-refractivity contribution >= 4 is 11.8 Å². The molecule has 0 radical (unpaired) electrons. The van der Waals surface area contributed by atoms with E-state index in [2.05, 4.69) is 21.3 Å². The van der Waals surface area contributed by atoms with Crippen molar-refractivity contribution in [1.82, 2.24) is 20.1 Å². The van der Waals surface area contributed by atoms with E-state index in [1.54, 1.807) is 0 Å². The van der Waals surface area contributed by atoms with Crippen molar-refractivity contribution in [2.45, 2.75) is 44.7 Å². The second kappa shape index (κ2) is 7.74. The summed E-state index contributed by atoms with van der Waals surface area (Å²) in [4.78, 5) is 32.8. The van der Waals surface area contributed by atoms with E-state index in [1.807, 2.05) is 23.2 Å². The van der Waals surface area contributed by atoms with E-state index in [4.69, 9.17) is 0 Å². The van der Waals surface area contributed by atoms with Crippen LogP contribution in [0, 0.1) is 11.8 Å². The van der Waals surface area contributed by atoms with E-state index in [0.717, 1.165) is 44.2 Å². The monoisotopic (exact) mass is 356 g/mol. The molecule has 1 saturated carbocycles. The molecule has 140 valence electrons. The van der Waals surface area contributed by atoms with Crippen molar-refractivity contribution in [3.63, 3.8) is 0 Å². The molecule has 4 rings (SSSR count). The summed E-state index contributed by atoms with van der Waals surface area (Å²) in [5.74, 6) is 1.58. The van der Waals surface area contributed by atoms with Crippen LogP contribution in [0.2, 0.25) is 0 Å². The number of carbonyl (C=O) groups is 2. The van der Waals surface area contributed by atoms with E-state index in [1.165, 1.54) is 12.8 Å². The maximum atomic E-state index is 12.4. The summed E-state index contributed by atoms with van der Waals surface area (Å²) in [5, 5.41) is 3.27. The summed E-state index contributed by atoms with van der Waals surface area (Å²) in [6, 6.07) is 6.25. The molecule has 2 saturated heterocycles. The highest BCUT2D eigenvalue weighted by atomic mass is 16.2. The summed E-state index contributed by atoms with van der Waals surface area (Å²) in [6.07, 6.45) is 6.39. The minimum atomic E-state index is 0.0834. The van der Waals surface area contributed by atoms with Gasteiger partial charge in [-0.05, 0) is 43.2 Å². The van der Waals surface area contributed by atoms with E-state index >= 15 is 0 Å². The number of rotatable bonds is 7. The lowest BCUT2D eigenvalue weighted by molar-refractivity contribution is -0.128. The Morgan fingerprint density at radius 1 is 1.27 bits per heavy atom. The normalized spacial score (nSPS) is 26.5. The van der Waals surface area contributed by atoms with Gasteiger partial charge in [0.2, 0.25) is 11.8 Å². The van der Waals surface area contributed by atoms with Gasteiger partial charge >= 0.3 is 0 Å². The van der Waals surface area contributed by atoms with Crippen molar-refractivity contribution in [2.24, 2.45) is 11.8 Å². The number of hydrogen-bond donors (Lipinski definition) is 1. The predicted molar refractivity (Wildman–Crippen MR) is 98.1 cm³/mol. The number of hydrogen-bond acceptors (Lipinski definition) is 4. The van der Waals surface area contributed by atoms with Crippen molar-refractivity contribution in [1.29, 1.82) is 0 Å². The first-order valence-corrected chi connectivity index (χ1v) is 9.88. The van der Waals surface area contributed by atoms with E-state index < -0.39 is 0 Å². The van der Waals surface area contributed by atoms with Gasteiger partial charge in [0.15, 0.2) is 0 Å². The van der Waals surface area contributed by atoms with Gasteiger partial charge in [-0.1, -0.05) is 6.07 Å². The molecule has 2 amide bonds. The number of nitrogens with zero attached hydrogens (tertiary/aromatic N) is 3. The summed E-state index contributed by atoms with van der Waals surface area (Å²) in [5.41, 5.74) is 1.08. The molecule has 1 aromatic rings. The van der Waals surface area contributed by atoms with Gasteiger partial charge in [-0.2, -0.15) is 0 Å². The Morgan fingerprint density at radius 3 is 2.85 bits per heavy atom. The number of likely N-dealkylation sites (tertiary alicyclic amines) is 2. The largest absolute Gasteiger partial charge is 0.352 e. The van der Waals surface area contributed by atoms with Gasteiger partial charge in [0.1, 0.15) is 0 Å². The average Bonchev–Trinajstić information content (AvgIpc) is 3.29. The maximum absolute atomic E-state index is 12.4. The highest BCUT2D eigenvalue weighted by Gasteiger charge is 2.43. The number of aromatic nitrogens is 1. The molecule has 1 aromatic heterocycles. The second-order valence-corrected chi connectivity index (χ2v) is 7.92. The molecule has 6 nitrogen and oxygen atoms in total. The fraction of sp³-hybridized carbons (Fsp3) is 0.650. The van der Waals surface area contributed by atoms with Crippen molar-refractivity contribution in [2.75, 3.05) is 26.2 Å². The van der Waals surface area contributed by atoms with E-state index in [9.17, 15) is 9.59 Å². The molecule has 26 heavy (non-hydrogen) atoms. The summed E-state index contributed by atoms with van der Waals surface area (Å²) in [6.45, 7) is 4.14. The minimum absolute atomic E-state index is 0.0834. The van der Waals surface area contributed by atoms with Crippen LogP contribution in [0.15, 0.2) is 24.4 Å². The van der Waals surface area contributed by atoms with Crippen molar-refractivity contribution < 1.29 is 9.59 Å². The quantitative estimate of drug-likeness (QED) is 0.802. The lowest BCUT2D eigenvalue weighted by Crippen LogP contribution is -2.42. The van der Waals surface area contributed by atoms with Gasteiger partial charge in [0.25, 0.3) is 0 Å². The van der Waals surface area contributed by atoms with Crippen LogP contribution in [-0.4, -0.2) is 58.8 Å². The van der Waals surface area contributed by atoms with Crippen molar-refractivity contribution in [3.05, 3.63) is 30.1 Å². The smallest absolute Gasteiger partial charge is 0.222 e. The average molecular weight is 356 g/mol. The molecule has 1 aliphatic carbocycles. The molecule has 3 heterocycles. The Balaban J connectivity index is 1.29. The first-order chi connectivity index (χ1) is 12.7. The van der Waals surface area contributed by atoms with Gasteiger partial charge in [0.05, 0.1) is 5.69 Å². The lowest BCUT2D eigenvalue weighted by Gasteiger charge is -2.21. The molecule has 0 bridgehead atoms. The summed E-state index contributed by atoms with van der Waals surface area (Å²) in [7, 11) is 0. The van der Waals surface area contributed by atoms with Crippen LogP contribution in [0.4, 0.5) is 0 Å². The third-order valence-corrected chi connectivity index (χ3v) is 5.91. The van der Waals surface area contributed by atoms with Crippen LogP contribution in [0.3, 0.4) is 0 Å². The van der Waals surface area contributed by atoms with Gasteiger partial charge in [0, 0.05) is 57.8 Å². The molecule has 0 aromatic carbocycles. The molecule has 1 N–H and O–H groups in total. The molecule has 6 heteroatoms. The zero-order valence-corrected chi connectivity index (χ0v) is 15.3. The number of pyridine rings is 1. The van der Waals surface area contributed by atoms with Crippen LogP contribution in [0.1, 0.15) is 37.8 Å². The van der Waals surface area contributed by atoms with E-state index in [-0.39, 0.29) is 17.9 Å². The van der Waals surface area contributed by atoms with Gasteiger partial charge in [-0.25, -0.2) is 0 Å². The topological polar surface area (TPSA) is 65.5 Å². The van der Waals surface area contributed by atoms with Crippen LogP contribution in [0.25, 0.3) is 0 Å². The number of nitrogens with one attached hydrogen (secondary N) is 1. The minimum Gasteiger partial charge on any atom is -0.352 e. The summed E-state index contributed by atoms with van der Waals surface area (Å²) >= 11 is 0. The van der Waals surface area contributed by atoms with Crippen LogP contribution in [0.5, 0.6) is 0 Å². The van der Waals surface area contributed by atoms with Crippen LogP contribution >= 0.6 is 0 Å². The number of amides is 2. The van der Waals surface area contributed by atoms with E-state index in [0.29, 0.717) is 25.3 Å². The first-order valence-electron chi connectivity index (χ1n) is 9.88. The zero-order chi connectivity index (χ0) is 17.9. The second-order valence-electron chi connectivity index (χ2n) is 7.92. The first kappa shape index (κ1) is 17.5. The molecule has 0 unspecified atom stereocenters. The molecular formula is C20H28N4O2. The molecule has 3 aliphatic rings. The highest BCUT2D eigenvalue weighted by molar-refractivity contribution is 5.80. The third kappa shape index (κ3) is 4.23. The Bertz CT molecular complexity index is 646. The maximum Gasteiger partial charge on any atom is 0.222 e. The Kier molecular flexibility index (Phi) is 5.20.